The molecule has 114 valence electrons. The highest BCUT2D eigenvalue weighted by atomic mass is 79.9. The molecular weight excluding hydrogens is 330 g/mol. The second-order valence-corrected chi connectivity index (χ2v) is 8.12. The van der Waals surface area contributed by atoms with Crippen molar-refractivity contribution >= 4 is 26.0 Å². The minimum atomic E-state index is -3.20. The van der Waals surface area contributed by atoms with E-state index in [9.17, 15) is 8.42 Å². The first-order valence-electron chi connectivity index (χ1n) is 7.09. The molecule has 19 heavy (non-hydrogen) atoms. The summed E-state index contributed by atoms with van der Waals surface area (Å²) in [6, 6.07) is 0. The third kappa shape index (κ3) is 7.06. The zero-order chi connectivity index (χ0) is 14.3. The van der Waals surface area contributed by atoms with Crippen LogP contribution in [0.25, 0.3) is 0 Å². The molecule has 0 saturated heterocycles. The van der Waals surface area contributed by atoms with Crippen molar-refractivity contribution in [3.63, 3.8) is 0 Å². The molecule has 4 nitrogen and oxygen atoms in total. The quantitative estimate of drug-likeness (QED) is 0.680. The molecule has 0 aromatic heterocycles. The molecule has 1 aliphatic rings. The highest BCUT2D eigenvalue weighted by molar-refractivity contribution is 9.09. The van der Waals surface area contributed by atoms with Gasteiger partial charge < -0.3 is 4.74 Å². The van der Waals surface area contributed by atoms with Gasteiger partial charge in [-0.3, -0.25) is 0 Å². The second-order valence-electron chi connectivity index (χ2n) is 5.55. The van der Waals surface area contributed by atoms with E-state index >= 15 is 0 Å². The van der Waals surface area contributed by atoms with E-state index in [4.69, 9.17) is 4.74 Å². The molecule has 0 heterocycles. The van der Waals surface area contributed by atoms with Crippen molar-refractivity contribution in [2.45, 2.75) is 45.6 Å². The van der Waals surface area contributed by atoms with Gasteiger partial charge in [0.1, 0.15) is 0 Å². The highest BCUT2D eigenvalue weighted by Crippen LogP contribution is 2.30. The lowest BCUT2D eigenvalue weighted by Crippen LogP contribution is -2.36. The maximum atomic E-state index is 11.8. The predicted octanol–water partition coefficient (Wildman–Crippen LogP) is 2.53. The number of sulfonamides is 1. The average Bonchev–Trinajstić information content (AvgIpc) is 2.36. The van der Waals surface area contributed by atoms with Crippen LogP contribution in [-0.4, -0.2) is 38.8 Å². The Labute approximate surface area is 125 Å². The second kappa shape index (κ2) is 8.60. The Morgan fingerprint density at radius 2 is 1.89 bits per heavy atom. The first-order valence-corrected chi connectivity index (χ1v) is 9.87. The SMILES string of the molecule is CC(C)OCCS(=O)(=O)NCC1CCCCC1CBr. The Hall–Kier alpha value is 0.350. The van der Waals surface area contributed by atoms with E-state index in [0.717, 1.165) is 11.8 Å². The molecule has 1 aliphatic carbocycles. The van der Waals surface area contributed by atoms with Gasteiger partial charge in [-0.25, -0.2) is 13.1 Å². The Morgan fingerprint density at radius 1 is 1.26 bits per heavy atom. The molecule has 2 atom stereocenters. The molecule has 0 amide bonds. The van der Waals surface area contributed by atoms with Gasteiger partial charge in [-0.1, -0.05) is 28.8 Å². The zero-order valence-corrected chi connectivity index (χ0v) is 14.3. The number of nitrogens with one attached hydrogen (secondary N) is 1. The Bertz CT molecular complexity index is 346. The molecule has 1 fully saturated rings. The largest absolute Gasteiger partial charge is 0.378 e. The molecule has 0 bridgehead atoms. The van der Waals surface area contributed by atoms with Gasteiger partial charge in [0, 0.05) is 11.9 Å². The fourth-order valence-electron chi connectivity index (χ4n) is 2.46. The zero-order valence-electron chi connectivity index (χ0n) is 11.9. The summed E-state index contributed by atoms with van der Waals surface area (Å²) in [4.78, 5) is 0. The molecule has 6 heteroatoms. The van der Waals surface area contributed by atoms with E-state index in [0.29, 0.717) is 18.4 Å². The van der Waals surface area contributed by atoms with E-state index in [1.54, 1.807) is 0 Å². The fourth-order valence-corrected chi connectivity index (χ4v) is 4.24. The number of ether oxygens (including phenoxy) is 1. The summed E-state index contributed by atoms with van der Waals surface area (Å²) >= 11 is 3.53. The van der Waals surface area contributed by atoms with Crippen LogP contribution in [-0.2, 0) is 14.8 Å². The number of hydrogen-bond acceptors (Lipinski definition) is 3. The van der Waals surface area contributed by atoms with Crippen molar-refractivity contribution in [1.29, 1.82) is 0 Å². The molecule has 0 radical (unpaired) electrons. The molecular formula is C13H26BrNO3S. The molecule has 1 saturated carbocycles. The van der Waals surface area contributed by atoms with Crippen molar-refractivity contribution in [3.05, 3.63) is 0 Å². The molecule has 0 aromatic rings. The van der Waals surface area contributed by atoms with Crippen LogP contribution >= 0.6 is 15.9 Å². The first kappa shape index (κ1) is 17.4. The minimum absolute atomic E-state index is 0.0525. The number of alkyl halides is 1. The van der Waals surface area contributed by atoms with Gasteiger partial charge in [-0.05, 0) is 38.5 Å². The number of halogens is 1. The van der Waals surface area contributed by atoms with Crippen LogP contribution in [0.1, 0.15) is 39.5 Å². The van der Waals surface area contributed by atoms with Gasteiger partial charge in [0.15, 0.2) is 0 Å². The lowest BCUT2D eigenvalue weighted by Gasteiger charge is -2.30. The van der Waals surface area contributed by atoms with E-state index in [2.05, 4.69) is 20.7 Å². The van der Waals surface area contributed by atoms with Crippen molar-refractivity contribution in [3.8, 4) is 0 Å². The lowest BCUT2D eigenvalue weighted by molar-refractivity contribution is 0.0911. The van der Waals surface area contributed by atoms with E-state index in [1.165, 1.54) is 19.3 Å². The molecule has 0 spiro atoms. The third-order valence-electron chi connectivity index (χ3n) is 3.63. The standard InChI is InChI=1S/C13H26BrNO3S/c1-11(2)18-7-8-19(16,17)15-10-13-6-4-3-5-12(13)9-14/h11-13,15H,3-10H2,1-2H3. The maximum absolute atomic E-state index is 11.8. The summed E-state index contributed by atoms with van der Waals surface area (Å²) in [7, 11) is -3.20. The molecule has 0 aliphatic heterocycles. The van der Waals surface area contributed by atoms with Crippen LogP contribution in [0, 0.1) is 11.8 Å². The number of rotatable bonds is 8. The number of hydrogen-bond donors (Lipinski definition) is 1. The van der Waals surface area contributed by atoms with Crippen molar-refractivity contribution in [1.82, 2.24) is 4.72 Å². The lowest BCUT2D eigenvalue weighted by atomic mass is 9.80. The molecule has 1 rings (SSSR count). The normalized spacial score (nSPS) is 24.8. The van der Waals surface area contributed by atoms with Crippen LogP contribution in [0.3, 0.4) is 0 Å². The maximum Gasteiger partial charge on any atom is 0.213 e. The fraction of sp³-hybridized carbons (Fsp3) is 1.00. The Balaban J connectivity index is 2.32. The van der Waals surface area contributed by atoms with Crippen LogP contribution in [0.5, 0.6) is 0 Å². The molecule has 2 unspecified atom stereocenters. The summed E-state index contributed by atoms with van der Waals surface area (Å²) in [5, 5.41) is 0.968. The van der Waals surface area contributed by atoms with Crippen LogP contribution in [0.2, 0.25) is 0 Å². The molecule has 0 aromatic carbocycles. The van der Waals surface area contributed by atoms with Gasteiger partial charge in [0.2, 0.25) is 10.0 Å². The summed E-state index contributed by atoms with van der Waals surface area (Å²) in [6.07, 6.45) is 4.88. The molecule has 1 N–H and O–H groups in total. The predicted molar refractivity (Wildman–Crippen MR) is 82.1 cm³/mol. The van der Waals surface area contributed by atoms with Crippen molar-refractivity contribution in [2.24, 2.45) is 11.8 Å². The summed E-state index contributed by atoms with van der Waals surface area (Å²) < 4.78 is 31.7. The highest BCUT2D eigenvalue weighted by Gasteiger charge is 2.25. The third-order valence-corrected chi connectivity index (χ3v) is 5.78. The summed E-state index contributed by atoms with van der Waals surface area (Å²) in [6.45, 7) is 4.64. The van der Waals surface area contributed by atoms with E-state index < -0.39 is 10.0 Å². The van der Waals surface area contributed by atoms with Gasteiger partial charge in [0.25, 0.3) is 0 Å². The minimum Gasteiger partial charge on any atom is -0.378 e. The Kier molecular flexibility index (Phi) is 7.87. The van der Waals surface area contributed by atoms with Crippen molar-refractivity contribution in [2.75, 3.05) is 24.2 Å². The summed E-state index contributed by atoms with van der Waals surface area (Å²) in [5.74, 6) is 1.12. The van der Waals surface area contributed by atoms with Gasteiger partial charge in [-0.2, -0.15) is 0 Å². The smallest absolute Gasteiger partial charge is 0.213 e. The average molecular weight is 356 g/mol. The van der Waals surface area contributed by atoms with Crippen LogP contribution in [0.15, 0.2) is 0 Å². The van der Waals surface area contributed by atoms with E-state index in [1.807, 2.05) is 13.8 Å². The van der Waals surface area contributed by atoms with Gasteiger partial charge >= 0.3 is 0 Å². The Morgan fingerprint density at radius 3 is 2.47 bits per heavy atom. The topological polar surface area (TPSA) is 55.4 Å². The van der Waals surface area contributed by atoms with Gasteiger partial charge in [-0.15, -0.1) is 0 Å². The monoisotopic (exact) mass is 355 g/mol. The summed E-state index contributed by atoms with van der Waals surface area (Å²) in [5.41, 5.74) is 0. The van der Waals surface area contributed by atoms with E-state index in [-0.39, 0.29) is 18.5 Å². The van der Waals surface area contributed by atoms with Gasteiger partial charge in [0.05, 0.1) is 18.5 Å². The van der Waals surface area contributed by atoms with Crippen LogP contribution in [0.4, 0.5) is 0 Å². The first-order chi connectivity index (χ1) is 8.94. The van der Waals surface area contributed by atoms with Crippen LogP contribution < -0.4 is 4.72 Å². The van der Waals surface area contributed by atoms with Crippen molar-refractivity contribution < 1.29 is 13.2 Å².